The van der Waals surface area contributed by atoms with E-state index in [1.54, 1.807) is 0 Å². The lowest BCUT2D eigenvalue weighted by Crippen LogP contribution is -2.33. The fraction of sp³-hybridized carbons (Fsp3) is 1.00. The second-order valence-corrected chi connectivity index (χ2v) is 7.86. The van der Waals surface area contributed by atoms with Gasteiger partial charge in [0.25, 0.3) is 0 Å². The van der Waals surface area contributed by atoms with E-state index in [0.29, 0.717) is 19.4 Å². The van der Waals surface area contributed by atoms with E-state index in [-0.39, 0.29) is 3.42 Å². The third-order valence-electron chi connectivity index (χ3n) is 1.51. The average Bonchev–Trinajstić information content (AvgIpc) is 1.97. The Kier molecular flexibility index (Phi) is 3.01. The van der Waals surface area contributed by atoms with Crippen molar-refractivity contribution in [3.8, 4) is 0 Å². The van der Waals surface area contributed by atoms with Crippen molar-refractivity contribution >= 4 is 30.2 Å². The zero-order valence-electron chi connectivity index (χ0n) is 6.67. The number of rotatable bonds is 1. The summed E-state index contributed by atoms with van der Waals surface area (Å²) in [5.41, 5.74) is 0. The second-order valence-electron chi connectivity index (χ2n) is 2.89. The molecule has 0 radical (unpaired) electrons. The molecule has 0 aliphatic carbocycles. The summed E-state index contributed by atoms with van der Waals surface area (Å²) in [6, 6.07) is 0. The predicted octanol–water partition coefficient (Wildman–Crippen LogP) is 2.44. The number of hydrogen-bond donors (Lipinski definition) is 0. The molecule has 0 saturated carbocycles. The smallest absolute Gasteiger partial charge is 0.307 e. The highest BCUT2D eigenvalue weighted by Gasteiger charge is 2.35. The van der Waals surface area contributed by atoms with Gasteiger partial charge in [0.2, 0.25) is 0 Å². The zero-order chi connectivity index (χ0) is 8.54. The van der Waals surface area contributed by atoms with Crippen LogP contribution in [0.3, 0.4) is 0 Å². The summed E-state index contributed by atoms with van der Waals surface area (Å²) in [4.78, 5) is 0. The van der Waals surface area contributed by atoms with Crippen LogP contribution in [0.25, 0.3) is 0 Å². The highest BCUT2D eigenvalue weighted by atomic mass is 127. The summed E-state index contributed by atoms with van der Waals surface area (Å²) >= 11 is 2.25. The standard InChI is InChI=1S/C6H12IO3P/c1-3-11(8)9-4-6(2,7)5-10-11/h3-5H2,1-2H3. The number of halogens is 1. The van der Waals surface area contributed by atoms with Gasteiger partial charge in [-0.05, 0) is 6.92 Å². The molecule has 0 aromatic carbocycles. The molecule has 0 bridgehead atoms. The maximum Gasteiger partial charge on any atom is 0.330 e. The van der Waals surface area contributed by atoms with Gasteiger partial charge in [-0.2, -0.15) is 0 Å². The minimum Gasteiger partial charge on any atom is -0.307 e. The molecule has 1 aliphatic heterocycles. The molecule has 1 heterocycles. The van der Waals surface area contributed by atoms with Gasteiger partial charge >= 0.3 is 7.60 Å². The highest BCUT2D eigenvalue weighted by Crippen LogP contribution is 2.52. The molecule has 0 spiro atoms. The first-order valence-electron chi connectivity index (χ1n) is 3.54. The van der Waals surface area contributed by atoms with Crippen molar-refractivity contribution in [1.29, 1.82) is 0 Å². The lowest BCUT2D eigenvalue weighted by Gasteiger charge is -2.32. The average molecular weight is 290 g/mol. The van der Waals surface area contributed by atoms with Crippen molar-refractivity contribution in [2.75, 3.05) is 19.4 Å². The van der Waals surface area contributed by atoms with Gasteiger partial charge < -0.3 is 9.05 Å². The van der Waals surface area contributed by atoms with Crippen LogP contribution in [0, 0.1) is 0 Å². The van der Waals surface area contributed by atoms with Crippen LogP contribution in [0.15, 0.2) is 0 Å². The van der Waals surface area contributed by atoms with E-state index >= 15 is 0 Å². The van der Waals surface area contributed by atoms with Crippen molar-refractivity contribution in [1.82, 2.24) is 0 Å². The van der Waals surface area contributed by atoms with E-state index in [0.717, 1.165) is 0 Å². The summed E-state index contributed by atoms with van der Waals surface area (Å²) in [7, 11) is -2.68. The second kappa shape index (κ2) is 3.32. The SMILES string of the molecule is CCP1(=O)OCC(C)(I)CO1. The van der Waals surface area contributed by atoms with Gasteiger partial charge in [0.1, 0.15) is 0 Å². The molecule has 1 fully saturated rings. The van der Waals surface area contributed by atoms with Crippen LogP contribution in [0.2, 0.25) is 0 Å². The van der Waals surface area contributed by atoms with Crippen molar-refractivity contribution in [2.45, 2.75) is 17.3 Å². The molecule has 5 heteroatoms. The monoisotopic (exact) mass is 290 g/mol. The molecule has 0 N–H and O–H groups in total. The third-order valence-corrected chi connectivity index (χ3v) is 3.95. The maximum absolute atomic E-state index is 11.4. The zero-order valence-corrected chi connectivity index (χ0v) is 9.72. The molecule has 0 aromatic rings. The van der Waals surface area contributed by atoms with E-state index < -0.39 is 7.60 Å². The first kappa shape index (κ1) is 9.96. The molecule has 0 amide bonds. The maximum atomic E-state index is 11.4. The molecule has 11 heavy (non-hydrogen) atoms. The van der Waals surface area contributed by atoms with Crippen molar-refractivity contribution in [3.63, 3.8) is 0 Å². The summed E-state index contributed by atoms with van der Waals surface area (Å²) in [5, 5.41) is 0. The van der Waals surface area contributed by atoms with E-state index in [9.17, 15) is 4.57 Å². The topological polar surface area (TPSA) is 35.5 Å². The van der Waals surface area contributed by atoms with E-state index in [1.165, 1.54) is 0 Å². The number of hydrogen-bond acceptors (Lipinski definition) is 3. The Labute approximate surface area is 80.5 Å². The van der Waals surface area contributed by atoms with Gasteiger partial charge in [-0.1, -0.05) is 29.5 Å². The first-order chi connectivity index (χ1) is 4.97. The van der Waals surface area contributed by atoms with Crippen molar-refractivity contribution in [3.05, 3.63) is 0 Å². The number of alkyl halides is 1. The molecule has 66 valence electrons. The Morgan fingerprint density at radius 1 is 1.55 bits per heavy atom. The molecule has 0 atom stereocenters. The minimum absolute atomic E-state index is 0.0131. The van der Waals surface area contributed by atoms with Gasteiger partial charge in [0.15, 0.2) is 0 Å². The summed E-state index contributed by atoms with van der Waals surface area (Å²) < 4.78 is 21.7. The van der Waals surface area contributed by atoms with Crippen LogP contribution in [-0.4, -0.2) is 22.8 Å². The fourth-order valence-corrected chi connectivity index (χ4v) is 2.93. The Balaban J connectivity index is 2.55. The molecule has 1 aliphatic rings. The van der Waals surface area contributed by atoms with Gasteiger partial charge in [-0.25, -0.2) is 0 Å². The van der Waals surface area contributed by atoms with Gasteiger partial charge in [-0.3, -0.25) is 4.57 Å². The van der Waals surface area contributed by atoms with E-state index in [2.05, 4.69) is 22.6 Å². The van der Waals surface area contributed by atoms with Crippen LogP contribution in [0.1, 0.15) is 13.8 Å². The minimum atomic E-state index is -2.68. The molecule has 0 aromatic heterocycles. The Bertz CT molecular complexity index is 178. The first-order valence-corrected chi connectivity index (χ1v) is 6.35. The van der Waals surface area contributed by atoms with Crippen LogP contribution < -0.4 is 0 Å². The van der Waals surface area contributed by atoms with Crippen LogP contribution >= 0.6 is 30.2 Å². The lowest BCUT2D eigenvalue weighted by molar-refractivity contribution is 0.125. The largest absolute Gasteiger partial charge is 0.330 e. The van der Waals surface area contributed by atoms with Crippen LogP contribution in [0.4, 0.5) is 0 Å². The Morgan fingerprint density at radius 3 is 2.36 bits per heavy atom. The van der Waals surface area contributed by atoms with Crippen molar-refractivity contribution < 1.29 is 13.6 Å². The van der Waals surface area contributed by atoms with Crippen molar-refractivity contribution in [2.24, 2.45) is 0 Å². The Morgan fingerprint density at radius 2 is 2.00 bits per heavy atom. The van der Waals surface area contributed by atoms with E-state index in [4.69, 9.17) is 9.05 Å². The lowest BCUT2D eigenvalue weighted by atomic mass is 10.2. The van der Waals surface area contributed by atoms with Crippen LogP contribution in [0.5, 0.6) is 0 Å². The van der Waals surface area contributed by atoms with Gasteiger partial charge in [0.05, 0.1) is 16.6 Å². The van der Waals surface area contributed by atoms with Gasteiger partial charge in [0, 0.05) is 6.16 Å². The Hall–Kier alpha value is 0.880. The summed E-state index contributed by atoms with van der Waals surface area (Å²) in [6.45, 7) is 4.89. The molecular weight excluding hydrogens is 278 g/mol. The molecule has 0 unspecified atom stereocenters. The highest BCUT2D eigenvalue weighted by molar-refractivity contribution is 14.1. The molecule has 1 saturated heterocycles. The third kappa shape index (κ3) is 2.68. The van der Waals surface area contributed by atoms with Gasteiger partial charge in [-0.15, -0.1) is 0 Å². The molecular formula is C6H12IO3P. The quantitative estimate of drug-likeness (QED) is 0.423. The van der Waals surface area contributed by atoms with E-state index in [1.807, 2.05) is 13.8 Å². The predicted molar refractivity (Wildman–Crippen MR) is 52.5 cm³/mol. The fourth-order valence-electron chi connectivity index (χ4n) is 0.727. The normalized spacial score (nSPS) is 45.7. The summed E-state index contributed by atoms with van der Waals surface area (Å²) in [6.07, 6.45) is 0.472. The van der Waals surface area contributed by atoms with Crippen LogP contribution in [-0.2, 0) is 13.6 Å². The molecule has 1 rings (SSSR count). The molecule has 3 nitrogen and oxygen atoms in total. The summed E-state index contributed by atoms with van der Waals surface area (Å²) in [5.74, 6) is 0.